The minimum atomic E-state index is -0.0872. The molecule has 2 saturated heterocycles. The molecule has 0 spiro atoms. The summed E-state index contributed by atoms with van der Waals surface area (Å²) < 4.78 is 11.3. The van der Waals surface area contributed by atoms with Crippen LogP contribution in [0.3, 0.4) is 0 Å². The van der Waals surface area contributed by atoms with Crippen molar-refractivity contribution in [3.05, 3.63) is 0 Å². The Morgan fingerprint density at radius 3 is 1.64 bits per heavy atom. The number of likely N-dealkylation sites (N-methyl/N-ethyl adjacent to an activating group) is 1. The van der Waals surface area contributed by atoms with E-state index in [1.165, 1.54) is 0 Å². The third-order valence-electron chi connectivity index (χ3n) is 4.87. The molecule has 0 aromatic heterocycles. The lowest BCUT2D eigenvalue weighted by Gasteiger charge is -2.50. The molecule has 0 aromatic carbocycles. The van der Waals surface area contributed by atoms with Crippen LogP contribution < -0.4 is 0 Å². The van der Waals surface area contributed by atoms with Crippen LogP contribution in [-0.4, -0.2) is 48.2 Å². The summed E-state index contributed by atoms with van der Waals surface area (Å²) in [4.78, 5) is 25.8. The van der Waals surface area contributed by atoms with Crippen LogP contribution in [0.25, 0.3) is 0 Å². The highest BCUT2D eigenvalue weighted by Crippen LogP contribution is 2.36. The van der Waals surface area contributed by atoms with Crippen molar-refractivity contribution in [2.45, 2.75) is 89.5 Å². The minimum Gasteiger partial charge on any atom is -0.461 e. The van der Waals surface area contributed by atoms with Crippen LogP contribution in [0.1, 0.15) is 65.2 Å². The highest BCUT2D eigenvalue weighted by molar-refractivity contribution is 5.70. The quantitative estimate of drug-likeness (QED) is 0.706. The van der Waals surface area contributed by atoms with E-state index in [1.54, 1.807) is 0 Å². The van der Waals surface area contributed by atoms with E-state index in [1.807, 2.05) is 13.8 Å². The Morgan fingerprint density at radius 1 is 0.864 bits per heavy atom. The van der Waals surface area contributed by atoms with E-state index in [9.17, 15) is 9.59 Å². The highest BCUT2D eigenvalue weighted by Gasteiger charge is 2.45. The van der Waals surface area contributed by atoms with Crippen molar-refractivity contribution in [2.75, 3.05) is 7.05 Å². The van der Waals surface area contributed by atoms with Gasteiger partial charge in [-0.15, -0.1) is 0 Å². The van der Waals surface area contributed by atoms with E-state index in [-0.39, 0.29) is 36.2 Å². The smallest absolute Gasteiger partial charge is 0.306 e. The lowest BCUT2D eigenvalue weighted by Crippen LogP contribution is -2.60. The van der Waals surface area contributed by atoms with Gasteiger partial charge in [-0.2, -0.15) is 0 Å². The second-order valence-corrected chi connectivity index (χ2v) is 6.51. The molecule has 2 aliphatic heterocycles. The van der Waals surface area contributed by atoms with Crippen molar-refractivity contribution >= 4 is 11.9 Å². The van der Waals surface area contributed by atoms with Crippen LogP contribution in [0.4, 0.5) is 0 Å². The van der Waals surface area contributed by atoms with Gasteiger partial charge >= 0.3 is 11.9 Å². The molecule has 4 unspecified atom stereocenters. The molecule has 0 N–H and O–H groups in total. The van der Waals surface area contributed by atoms with Gasteiger partial charge in [0.1, 0.15) is 12.2 Å². The number of hydrogen-bond donors (Lipinski definition) is 0. The summed E-state index contributed by atoms with van der Waals surface area (Å²) in [6.45, 7) is 3.97. The van der Waals surface area contributed by atoms with Gasteiger partial charge in [-0.3, -0.25) is 14.5 Å². The predicted molar refractivity (Wildman–Crippen MR) is 83.4 cm³/mol. The largest absolute Gasteiger partial charge is 0.461 e. The van der Waals surface area contributed by atoms with Gasteiger partial charge in [0.2, 0.25) is 0 Å². The van der Waals surface area contributed by atoms with Crippen molar-refractivity contribution in [1.82, 2.24) is 4.90 Å². The van der Waals surface area contributed by atoms with E-state index in [0.717, 1.165) is 38.5 Å². The van der Waals surface area contributed by atoms with Gasteiger partial charge in [0.25, 0.3) is 0 Å². The number of rotatable bonds is 6. The molecular weight excluding hydrogens is 282 g/mol. The van der Waals surface area contributed by atoms with Crippen LogP contribution >= 0.6 is 0 Å². The van der Waals surface area contributed by atoms with Crippen molar-refractivity contribution in [3.8, 4) is 0 Å². The van der Waals surface area contributed by atoms with Crippen molar-refractivity contribution in [2.24, 2.45) is 0 Å². The fraction of sp³-hybridized carbons (Fsp3) is 0.882. The average molecular weight is 311 g/mol. The Bertz CT molecular complexity index is 362. The normalized spacial score (nSPS) is 31.6. The Labute approximate surface area is 133 Å². The first-order valence-corrected chi connectivity index (χ1v) is 8.67. The molecule has 0 saturated carbocycles. The van der Waals surface area contributed by atoms with Gasteiger partial charge in [-0.1, -0.05) is 13.8 Å². The van der Waals surface area contributed by atoms with E-state index >= 15 is 0 Å². The van der Waals surface area contributed by atoms with Gasteiger partial charge < -0.3 is 9.47 Å². The molecule has 4 atom stereocenters. The zero-order valence-electron chi connectivity index (χ0n) is 14.0. The molecule has 2 fully saturated rings. The van der Waals surface area contributed by atoms with Gasteiger partial charge in [0.05, 0.1) is 0 Å². The maximum Gasteiger partial charge on any atom is 0.306 e. The van der Waals surface area contributed by atoms with Crippen molar-refractivity contribution in [1.29, 1.82) is 0 Å². The fourth-order valence-electron chi connectivity index (χ4n) is 3.74. The van der Waals surface area contributed by atoms with E-state index in [0.29, 0.717) is 12.8 Å². The summed E-state index contributed by atoms with van der Waals surface area (Å²) in [5.41, 5.74) is 0. The first kappa shape index (κ1) is 17.3. The molecule has 22 heavy (non-hydrogen) atoms. The summed E-state index contributed by atoms with van der Waals surface area (Å²) >= 11 is 0. The zero-order chi connectivity index (χ0) is 16.1. The molecule has 0 aliphatic carbocycles. The summed E-state index contributed by atoms with van der Waals surface area (Å²) in [6, 6.07) is 0.529. The van der Waals surface area contributed by atoms with Crippen LogP contribution in [0, 0.1) is 0 Å². The maximum absolute atomic E-state index is 11.8. The number of hydrogen-bond acceptors (Lipinski definition) is 5. The molecule has 2 rings (SSSR count). The van der Waals surface area contributed by atoms with Crippen LogP contribution in [-0.2, 0) is 19.1 Å². The number of fused-ring (bicyclic) bond motifs is 2. The third kappa shape index (κ3) is 4.00. The fourth-order valence-corrected chi connectivity index (χ4v) is 3.74. The Balaban J connectivity index is 1.91. The van der Waals surface area contributed by atoms with Gasteiger partial charge in [0.15, 0.2) is 0 Å². The zero-order valence-corrected chi connectivity index (χ0v) is 14.0. The number of esters is 2. The molecule has 5 heteroatoms. The average Bonchev–Trinajstić information content (AvgIpc) is 2.44. The van der Waals surface area contributed by atoms with Crippen LogP contribution in [0.15, 0.2) is 0 Å². The van der Waals surface area contributed by atoms with Crippen LogP contribution in [0.5, 0.6) is 0 Å². The monoisotopic (exact) mass is 311 g/mol. The maximum atomic E-state index is 11.8. The minimum absolute atomic E-state index is 0.00686. The first-order valence-electron chi connectivity index (χ1n) is 8.67. The van der Waals surface area contributed by atoms with E-state index < -0.39 is 0 Å². The molecule has 0 radical (unpaired) electrons. The lowest BCUT2D eigenvalue weighted by atomic mass is 9.81. The summed E-state index contributed by atoms with van der Waals surface area (Å²) in [7, 11) is 2.06. The molecule has 2 aliphatic rings. The molecule has 2 bridgehead atoms. The molecule has 126 valence electrons. The molecule has 5 nitrogen and oxygen atoms in total. The standard InChI is InChI=1S/C17H29NO4/c1-4-6-16(19)21-14-10-8-13-15(22-17(20)7-5-2)11-9-12(14)18(13)3/h12-15H,4-11H2,1-3H3. The Kier molecular flexibility index (Phi) is 6.24. The number of carbonyl (C=O) groups excluding carboxylic acids is 2. The Hall–Kier alpha value is -1.10. The van der Waals surface area contributed by atoms with Gasteiger partial charge in [-0.05, 0) is 45.6 Å². The summed E-state index contributed by atoms with van der Waals surface area (Å²) in [5.74, 6) is -0.174. The first-order chi connectivity index (χ1) is 10.6. The third-order valence-corrected chi connectivity index (χ3v) is 4.87. The number of piperidine rings is 2. The second-order valence-electron chi connectivity index (χ2n) is 6.51. The molecule has 2 heterocycles. The van der Waals surface area contributed by atoms with Crippen molar-refractivity contribution < 1.29 is 19.1 Å². The number of carbonyl (C=O) groups is 2. The second kappa shape index (κ2) is 7.95. The highest BCUT2D eigenvalue weighted by atomic mass is 16.6. The van der Waals surface area contributed by atoms with Gasteiger partial charge in [-0.25, -0.2) is 0 Å². The van der Waals surface area contributed by atoms with Crippen molar-refractivity contribution in [3.63, 3.8) is 0 Å². The topological polar surface area (TPSA) is 55.8 Å². The number of nitrogens with zero attached hydrogens (tertiary/aromatic N) is 1. The van der Waals surface area contributed by atoms with Gasteiger partial charge in [0, 0.05) is 24.9 Å². The van der Waals surface area contributed by atoms with E-state index in [2.05, 4.69) is 11.9 Å². The van der Waals surface area contributed by atoms with Crippen LogP contribution in [0.2, 0.25) is 0 Å². The Morgan fingerprint density at radius 2 is 1.27 bits per heavy atom. The molecule has 0 aromatic rings. The lowest BCUT2D eigenvalue weighted by molar-refractivity contribution is -0.171. The molecule has 0 amide bonds. The number of ether oxygens (including phenoxy) is 2. The SMILES string of the molecule is CCCC(=O)OC1CCC2C(OC(=O)CCC)CCC1N2C. The summed E-state index contributed by atoms with van der Waals surface area (Å²) in [6.07, 6.45) is 6.20. The molecular formula is C17H29NO4. The summed E-state index contributed by atoms with van der Waals surface area (Å²) in [5, 5.41) is 0. The predicted octanol–water partition coefficient (Wildman–Crippen LogP) is 2.67. The van der Waals surface area contributed by atoms with E-state index in [4.69, 9.17) is 9.47 Å².